The molecule has 1 nitrogen and oxygen atoms in total. The van der Waals surface area contributed by atoms with Crippen molar-refractivity contribution < 1.29 is 4.79 Å². The van der Waals surface area contributed by atoms with Crippen molar-refractivity contribution in [2.75, 3.05) is 0 Å². The quantitative estimate of drug-likeness (QED) is 0.545. The van der Waals surface area contributed by atoms with Gasteiger partial charge in [-0.1, -0.05) is 50.1 Å². The number of benzene rings is 2. The molecule has 0 amide bonds. The second-order valence-electron chi connectivity index (χ2n) is 3.73. The van der Waals surface area contributed by atoms with Crippen LogP contribution in [0, 0.1) is 0 Å². The summed E-state index contributed by atoms with van der Waals surface area (Å²) in [6, 6.07) is 15.1. The van der Waals surface area contributed by atoms with E-state index in [0.29, 0.717) is 5.56 Å². The Labute approximate surface area is 123 Å². The molecule has 0 aliphatic carbocycles. The van der Waals surface area contributed by atoms with Crippen molar-refractivity contribution in [1.82, 2.24) is 0 Å². The fourth-order valence-corrected chi connectivity index (χ4v) is 2.17. The lowest BCUT2D eigenvalue weighted by Crippen LogP contribution is -1.93. The minimum atomic E-state index is -0.00162. The molecule has 18 heavy (non-hydrogen) atoms. The van der Waals surface area contributed by atoms with Crippen LogP contribution in [0.25, 0.3) is 6.08 Å². The van der Waals surface area contributed by atoms with Crippen LogP contribution in [0.4, 0.5) is 0 Å². The summed E-state index contributed by atoms with van der Waals surface area (Å²) in [6.07, 6.45) is 3.40. The molecule has 0 saturated heterocycles. The molecule has 0 aliphatic heterocycles. The van der Waals surface area contributed by atoms with Crippen LogP contribution in [-0.4, -0.2) is 5.78 Å². The third-order valence-electron chi connectivity index (χ3n) is 2.45. The molecule has 90 valence electrons. The van der Waals surface area contributed by atoms with E-state index in [0.717, 1.165) is 14.5 Å². The fraction of sp³-hybridized carbons (Fsp3) is 0. The Morgan fingerprint density at radius 3 is 2.28 bits per heavy atom. The van der Waals surface area contributed by atoms with E-state index in [1.54, 1.807) is 18.2 Å². The van der Waals surface area contributed by atoms with Gasteiger partial charge in [0.2, 0.25) is 0 Å². The van der Waals surface area contributed by atoms with Gasteiger partial charge in [0.25, 0.3) is 0 Å². The van der Waals surface area contributed by atoms with Gasteiger partial charge in [-0.15, -0.1) is 0 Å². The average molecular weight is 366 g/mol. The molecule has 0 radical (unpaired) electrons. The number of halogens is 2. The second kappa shape index (κ2) is 6.12. The summed E-state index contributed by atoms with van der Waals surface area (Å²) >= 11 is 6.79. The van der Waals surface area contributed by atoms with E-state index in [-0.39, 0.29) is 5.78 Å². The molecule has 3 heteroatoms. The topological polar surface area (TPSA) is 17.1 Å². The predicted octanol–water partition coefficient (Wildman–Crippen LogP) is 5.11. The molecule has 0 heterocycles. The van der Waals surface area contributed by atoms with Gasteiger partial charge in [-0.05, 0) is 48.0 Å². The number of carbonyl (C=O) groups is 1. The molecule has 0 atom stereocenters. The molecule has 0 aromatic heterocycles. The van der Waals surface area contributed by atoms with Crippen LogP contribution < -0.4 is 0 Å². The van der Waals surface area contributed by atoms with E-state index in [2.05, 4.69) is 31.9 Å². The maximum absolute atomic E-state index is 11.9. The van der Waals surface area contributed by atoms with Crippen molar-refractivity contribution in [1.29, 1.82) is 0 Å². The number of ketones is 1. The molecule has 2 aromatic rings. The van der Waals surface area contributed by atoms with Gasteiger partial charge < -0.3 is 0 Å². The Morgan fingerprint density at radius 2 is 1.61 bits per heavy atom. The summed E-state index contributed by atoms with van der Waals surface area (Å²) in [6.45, 7) is 0. The van der Waals surface area contributed by atoms with Crippen LogP contribution in [0.15, 0.2) is 63.6 Å². The van der Waals surface area contributed by atoms with Crippen molar-refractivity contribution >= 4 is 43.7 Å². The molecule has 0 unspecified atom stereocenters. The van der Waals surface area contributed by atoms with Crippen LogP contribution in [0.3, 0.4) is 0 Å². The van der Waals surface area contributed by atoms with E-state index < -0.39 is 0 Å². The summed E-state index contributed by atoms with van der Waals surface area (Å²) < 4.78 is 1.94. The highest BCUT2D eigenvalue weighted by Crippen LogP contribution is 2.18. The lowest BCUT2D eigenvalue weighted by atomic mass is 10.1. The summed E-state index contributed by atoms with van der Waals surface area (Å²) in [5.74, 6) is -0.00162. The maximum atomic E-state index is 11.9. The van der Waals surface area contributed by atoms with Crippen molar-refractivity contribution in [3.8, 4) is 0 Å². The molecular formula is C15H10Br2O. The van der Waals surface area contributed by atoms with E-state index in [1.807, 2.05) is 42.5 Å². The van der Waals surface area contributed by atoms with Gasteiger partial charge in [0.15, 0.2) is 5.78 Å². The number of carbonyl (C=O) groups excluding carboxylic acids is 1. The zero-order valence-corrected chi connectivity index (χ0v) is 12.6. The monoisotopic (exact) mass is 364 g/mol. The molecule has 0 saturated carbocycles. The first-order valence-corrected chi connectivity index (χ1v) is 6.98. The van der Waals surface area contributed by atoms with Crippen molar-refractivity contribution in [3.63, 3.8) is 0 Å². The van der Waals surface area contributed by atoms with Crippen LogP contribution in [0.1, 0.15) is 15.9 Å². The summed E-state index contributed by atoms with van der Waals surface area (Å²) in [4.78, 5) is 11.9. The first-order chi connectivity index (χ1) is 8.66. The van der Waals surface area contributed by atoms with Crippen molar-refractivity contribution in [3.05, 3.63) is 74.7 Å². The van der Waals surface area contributed by atoms with Gasteiger partial charge >= 0.3 is 0 Å². The van der Waals surface area contributed by atoms with Gasteiger partial charge in [-0.3, -0.25) is 4.79 Å². The molecule has 0 fully saturated rings. The Morgan fingerprint density at radius 1 is 0.944 bits per heavy atom. The van der Waals surface area contributed by atoms with E-state index in [1.165, 1.54) is 0 Å². The van der Waals surface area contributed by atoms with Crippen molar-refractivity contribution in [2.45, 2.75) is 0 Å². The van der Waals surface area contributed by atoms with E-state index >= 15 is 0 Å². The van der Waals surface area contributed by atoms with Crippen LogP contribution >= 0.6 is 31.9 Å². The maximum Gasteiger partial charge on any atom is 0.185 e. The zero-order valence-electron chi connectivity index (χ0n) is 9.44. The van der Waals surface area contributed by atoms with Crippen LogP contribution in [0.2, 0.25) is 0 Å². The molecule has 0 aliphatic rings. The SMILES string of the molecule is O=C(/C=C/c1ccccc1Br)c1ccc(Br)cc1. The standard InChI is InChI=1S/C15H10Br2O/c16-13-8-5-12(6-9-13)15(18)10-7-11-3-1-2-4-14(11)17/h1-10H/b10-7+. The zero-order chi connectivity index (χ0) is 13.0. The summed E-state index contributed by atoms with van der Waals surface area (Å²) in [5.41, 5.74) is 1.67. The predicted molar refractivity (Wildman–Crippen MR) is 81.6 cm³/mol. The number of allylic oxidation sites excluding steroid dienone is 1. The summed E-state index contributed by atoms with van der Waals surface area (Å²) in [7, 11) is 0. The number of hydrogen-bond acceptors (Lipinski definition) is 1. The lowest BCUT2D eigenvalue weighted by molar-refractivity contribution is 0.104. The molecule has 2 aromatic carbocycles. The summed E-state index contributed by atoms with van der Waals surface area (Å²) in [5, 5.41) is 0. The minimum Gasteiger partial charge on any atom is -0.289 e. The minimum absolute atomic E-state index is 0.00162. The van der Waals surface area contributed by atoms with Gasteiger partial charge in [0.1, 0.15) is 0 Å². The highest BCUT2D eigenvalue weighted by molar-refractivity contribution is 9.10. The highest BCUT2D eigenvalue weighted by atomic mass is 79.9. The Bertz CT molecular complexity index is 586. The van der Waals surface area contributed by atoms with Gasteiger partial charge in [-0.25, -0.2) is 0 Å². The average Bonchev–Trinajstić information content (AvgIpc) is 2.38. The normalized spacial score (nSPS) is 10.8. The largest absolute Gasteiger partial charge is 0.289 e. The third-order valence-corrected chi connectivity index (χ3v) is 3.70. The number of hydrogen-bond donors (Lipinski definition) is 0. The Balaban J connectivity index is 2.17. The van der Waals surface area contributed by atoms with E-state index in [9.17, 15) is 4.79 Å². The van der Waals surface area contributed by atoms with E-state index in [4.69, 9.17) is 0 Å². The Kier molecular flexibility index (Phi) is 4.50. The van der Waals surface area contributed by atoms with Crippen molar-refractivity contribution in [2.24, 2.45) is 0 Å². The second-order valence-corrected chi connectivity index (χ2v) is 5.50. The molecule has 2 rings (SSSR count). The first-order valence-electron chi connectivity index (χ1n) is 5.39. The first kappa shape index (κ1) is 13.2. The number of rotatable bonds is 3. The Hall–Kier alpha value is -1.19. The fourth-order valence-electron chi connectivity index (χ4n) is 1.49. The molecule has 0 N–H and O–H groups in total. The van der Waals surface area contributed by atoms with Gasteiger partial charge in [0, 0.05) is 14.5 Å². The third kappa shape index (κ3) is 3.40. The molecule has 0 spiro atoms. The molecular weight excluding hydrogens is 356 g/mol. The van der Waals surface area contributed by atoms with Gasteiger partial charge in [-0.2, -0.15) is 0 Å². The smallest absolute Gasteiger partial charge is 0.185 e. The lowest BCUT2D eigenvalue weighted by Gasteiger charge is -1.98. The van der Waals surface area contributed by atoms with Gasteiger partial charge in [0.05, 0.1) is 0 Å². The highest BCUT2D eigenvalue weighted by Gasteiger charge is 2.01. The van der Waals surface area contributed by atoms with Crippen LogP contribution in [-0.2, 0) is 0 Å². The molecule has 0 bridgehead atoms. The van der Waals surface area contributed by atoms with Crippen LogP contribution in [0.5, 0.6) is 0 Å².